The molecule has 0 aliphatic carbocycles. The second-order valence-electron chi connectivity index (χ2n) is 4.92. The summed E-state index contributed by atoms with van der Waals surface area (Å²) in [7, 11) is 0. The number of hydrogen-bond acceptors (Lipinski definition) is 2. The van der Waals surface area contributed by atoms with Gasteiger partial charge in [0.05, 0.1) is 6.61 Å². The minimum Gasteiger partial charge on any atom is -0.493 e. The molecule has 90 valence electrons. The van der Waals surface area contributed by atoms with Crippen molar-refractivity contribution in [2.75, 3.05) is 18.1 Å². The lowest BCUT2D eigenvalue weighted by atomic mass is 10.1. The molecule has 1 aromatic carbocycles. The number of amides is 1. The van der Waals surface area contributed by atoms with Gasteiger partial charge in [-0.2, -0.15) is 0 Å². The van der Waals surface area contributed by atoms with Gasteiger partial charge in [-0.3, -0.25) is 4.79 Å². The van der Waals surface area contributed by atoms with Crippen molar-refractivity contribution < 1.29 is 9.53 Å². The number of fused-ring (bicyclic) bond motifs is 1. The van der Waals surface area contributed by atoms with E-state index in [1.165, 1.54) is 5.56 Å². The summed E-state index contributed by atoms with van der Waals surface area (Å²) >= 11 is 0. The fourth-order valence-electron chi connectivity index (χ4n) is 2.59. The van der Waals surface area contributed by atoms with E-state index in [1.54, 1.807) is 0 Å². The summed E-state index contributed by atoms with van der Waals surface area (Å²) in [4.78, 5) is 13.9. The molecule has 3 rings (SSSR count). The zero-order chi connectivity index (χ0) is 11.8. The molecule has 1 unspecified atom stereocenters. The Morgan fingerprint density at radius 1 is 1.41 bits per heavy atom. The summed E-state index contributed by atoms with van der Waals surface area (Å²) in [5.41, 5.74) is 2.27. The average Bonchev–Trinajstić information content (AvgIpc) is 2.70. The Labute approximate surface area is 101 Å². The van der Waals surface area contributed by atoms with E-state index in [1.807, 2.05) is 24.0 Å². The molecule has 2 heterocycles. The average molecular weight is 231 g/mol. The van der Waals surface area contributed by atoms with E-state index < -0.39 is 0 Å². The van der Waals surface area contributed by atoms with Crippen LogP contribution in [0, 0.1) is 5.92 Å². The van der Waals surface area contributed by atoms with E-state index in [0.29, 0.717) is 0 Å². The van der Waals surface area contributed by atoms with E-state index >= 15 is 0 Å². The van der Waals surface area contributed by atoms with Crippen LogP contribution in [-0.2, 0) is 11.2 Å². The summed E-state index contributed by atoms with van der Waals surface area (Å²) in [6, 6.07) is 6.12. The smallest absolute Gasteiger partial charge is 0.229 e. The van der Waals surface area contributed by atoms with Crippen LogP contribution in [0.2, 0.25) is 0 Å². The molecule has 1 fully saturated rings. The van der Waals surface area contributed by atoms with Crippen molar-refractivity contribution in [3.8, 4) is 5.75 Å². The number of aryl methyl sites for hydroxylation is 1. The maximum Gasteiger partial charge on any atom is 0.229 e. The number of carbonyl (C=O) groups excluding carboxylic acids is 1. The predicted molar refractivity (Wildman–Crippen MR) is 66.4 cm³/mol. The second-order valence-corrected chi connectivity index (χ2v) is 4.92. The number of anilines is 1. The van der Waals surface area contributed by atoms with Crippen LogP contribution in [0.1, 0.15) is 25.3 Å². The monoisotopic (exact) mass is 231 g/mol. The summed E-state index contributed by atoms with van der Waals surface area (Å²) in [6.07, 6.45) is 3.09. The SMILES string of the molecule is CC1CCN(c2ccc3c(c2)CCCO3)C1=O. The van der Waals surface area contributed by atoms with Gasteiger partial charge in [0, 0.05) is 18.2 Å². The lowest BCUT2D eigenvalue weighted by Crippen LogP contribution is -2.26. The van der Waals surface area contributed by atoms with Crippen molar-refractivity contribution >= 4 is 11.6 Å². The minimum atomic E-state index is 0.169. The quantitative estimate of drug-likeness (QED) is 0.742. The first-order valence-electron chi connectivity index (χ1n) is 6.33. The lowest BCUT2D eigenvalue weighted by Gasteiger charge is -2.21. The van der Waals surface area contributed by atoms with Gasteiger partial charge in [-0.05, 0) is 43.0 Å². The molecular formula is C14H17NO2. The molecule has 17 heavy (non-hydrogen) atoms. The zero-order valence-corrected chi connectivity index (χ0v) is 10.1. The number of rotatable bonds is 1. The summed E-state index contributed by atoms with van der Waals surface area (Å²) in [5, 5.41) is 0. The van der Waals surface area contributed by atoms with Crippen LogP contribution in [0.15, 0.2) is 18.2 Å². The lowest BCUT2D eigenvalue weighted by molar-refractivity contribution is -0.119. The Morgan fingerprint density at radius 2 is 2.29 bits per heavy atom. The van der Waals surface area contributed by atoms with Gasteiger partial charge < -0.3 is 9.64 Å². The third-order valence-electron chi connectivity index (χ3n) is 3.68. The van der Waals surface area contributed by atoms with Crippen LogP contribution in [0.4, 0.5) is 5.69 Å². The molecular weight excluding hydrogens is 214 g/mol. The Hall–Kier alpha value is -1.51. The number of carbonyl (C=O) groups is 1. The number of ether oxygens (including phenoxy) is 1. The Kier molecular flexibility index (Phi) is 2.54. The van der Waals surface area contributed by atoms with Gasteiger partial charge in [-0.1, -0.05) is 6.92 Å². The molecule has 0 radical (unpaired) electrons. The largest absolute Gasteiger partial charge is 0.493 e. The van der Waals surface area contributed by atoms with Crippen LogP contribution in [0.3, 0.4) is 0 Å². The maximum absolute atomic E-state index is 12.0. The molecule has 1 aromatic rings. The highest BCUT2D eigenvalue weighted by atomic mass is 16.5. The maximum atomic E-state index is 12.0. The first-order valence-corrected chi connectivity index (χ1v) is 6.33. The molecule has 2 aliphatic heterocycles. The summed E-state index contributed by atoms with van der Waals surface area (Å²) < 4.78 is 5.59. The van der Waals surface area contributed by atoms with Crippen molar-refractivity contribution in [1.82, 2.24) is 0 Å². The first-order chi connectivity index (χ1) is 8.25. The molecule has 0 bridgehead atoms. The van der Waals surface area contributed by atoms with Gasteiger partial charge in [0.1, 0.15) is 5.75 Å². The molecule has 3 heteroatoms. The first kappa shape index (κ1) is 10.6. The van der Waals surface area contributed by atoms with Crippen molar-refractivity contribution in [1.29, 1.82) is 0 Å². The van der Waals surface area contributed by atoms with Crippen LogP contribution in [0.5, 0.6) is 5.75 Å². The van der Waals surface area contributed by atoms with E-state index in [9.17, 15) is 4.79 Å². The molecule has 1 saturated heterocycles. The zero-order valence-electron chi connectivity index (χ0n) is 10.1. The standard InChI is InChI=1S/C14H17NO2/c1-10-6-7-15(14(10)16)12-4-5-13-11(9-12)3-2-8-17-13/h4-5,9-10H,2-3,6-8H2,1H3. The topological polar surface area (TPSA) is 29.5 Å². The highest BCUT2D eigenvalue weighted by Crippen LogP contribution is 2.31. The molecule has 3 nitrogen and oxygen atoms in total. The molecule has 0 spiro atoms. The Bertz CT molecular complexity index is 456. The molecule has 1 atom stereocenters. The second kappa shape index (κ2) is 4.06. The molecule has 0 saturated carbocycles. The van der Waals surface area contributed by atoms with Gasteiger partial charge in [0.15, 0.2) is 0 Å². The van der Waals surface area contributed by atoms with Crippen molar-refractivity contribution in [2.45, 2.75) is 26.2 Å². The van der Waals surface area contributed by atoms with Gasteiger partial charge in [-0.15, -0.1) is 0 Å². The minimum absolute atomic E-state index is 0.169. The highest BCUT2D eigenvalue weighted by molar-refractivity contribution is 5.97. The molecule has 2 aliphatic rings. The molecule has 0 N–H and O–H groups in total. The summed E-state index contributed by atoms with van der Waals surface area (Å²) in [6.45, 7) is 3.66. The Morgan fingerprint density at radius 3 is 3.06 bits per heavy atom. The van der Waals surface area contributed by atoms with Gasteiger partial charge in [-0.25, -0.2) is 0 Å². The Balaban J connectivity index is 1.91. The fourth-order valence-corrected chi connectivity index (χ4v) is 2.59. The van der Waals surface area contributed by atoms with Gasteiger partial charge >= 0.3 is 0 Å². The van der Waals surface area contributed by atoms with Gasteiger partial charge in [0.25, 0.3) is 0 Å². The highest BCUT2D eigenvalue weighted by Gasteiger charge is 2.29. The third-order valence-corrected chi connectivity index (χ3v) is 3.68. The fraction of sp³-hybridized carbons (Fsp3) is 0.500. The van der Waals surface area contributed by atoms with E-state index in [2.05, 4.69) is 6.07 Å². The summed E-state index contributed by atoms with van der Waals surface area (Å²) in [5.74, 6) is 1.41. The van der Waals surface area contributed by atoms with Crippen LogP contribution < -0.4 is 9.64 Å². The third kappa shape index (κ3) is 1.79. The number of benzene rings is 1. The predicted octanol–water partition coefficient (Wildman–Crippen LogP) is 2.38. The van der Waals surface area contributed by atoms with Crippen LogP contribution in [0.25, 0.3) is 0 Å². The number of nitrogens with zero attached hydrogens (tertiary/aromatic N) is 1. The number of hydrogen-bond donors (Lipinski definition) is 0. The van der Waals surface area contributed by atoms with Crippen molar-refractivity contribution in [3.05, 3.63) is 23.8 Å². The van der Waals surface area contributed by atoms with E-state index in [0.717, 1.165) is 43.9 Å². The van der Waals surface area contributed by atoms with E-state index in [-0.39, 0.29) is 11.8 Å². The molecule has 0 aromatic heterocycles. The normalized spacial score (nSPS) is 23.5. The molecule has 1 amide bonds. The van der Waals surface area contributed by atoms with Crippen molar-refractivity contribution in [3.63, 3.8) is 0 Å². The van der Waals surface area contributed by atoms with Crippen LogP contribution in [-0.4, -0.2) is 19.1 Å². The van der Waals surface area contributed by atoms with Crippen LogP contribution >= 0.6 is 0 Å². The van der Waals surface area contributed by atoms with Gasteiger partial charge in [0.2, 0.25) is 5.91 Å². The van der Waals surface area contributed by atoms with E-state index in [4.69, 9.17) is 4.74 Å². The van der Waals surface area contributed by atoms with Crippen molar-refractivity contribution in [2.24, 2.45) is 5.92 Å².